The summed E-state index contributed by atoms with van der Waals surface area (Å²) in [5.41, 5.74) is -3.25. The molecule has 3 unspecified atom stereocenters. The number of imide groups is 1. The summed E-state index contributed by atoms with van der Waals surface area (Å²) in [6.45, 7) is -1.10. The van der Waals surface area contributed by atoms with Gasteiger partial charge < -0.3 is 20.8 Å². The Hall–Kier alpha value is -2.33. The van der Waals surface area contributed by atoms with Gasteiger partial charge in [-0.2, -0.15) is 13.2 Å². The Bertz CT molecular complexity index is 1160. The van der Waals surface area contributed by atoms with Gasteiger partial charge in [0, 0.05) is 16.4 Å². The lowest BCUT2D eigenvalue weighted by Gasteiger charge is -2.59. The summed E-state index contributed by atoms with van der Waals surface area (Å²) in [6.07, 6.45) is -2.23. The molecule has 1 heterocycles. The Morgan fingerprint density at radius 1 is 1.15 bits per heavy atom. The van der Waals surface area contributed by atoms with Crippen LogP contribution in [0.1, 0.15) is 43.2 Å². The fourth-order valence-corrected chi connectivity index (χ4v) is 9.41. The highest BCUT2D eigenvalue weighted by Gasteiger charge is 2.95. The SMILES string of the molecule is O=C1NC(=O)[C@@]2(CC[C@@]3(O)[C@]45CC4(NCC(F)(F)F)CC4C5Cc5ccc(O)cc5[C@]43C2)N1. The van der Waals surface area contributed by atoms with Crippen molar-refractivity contribution >= 4 is 11.9 Å². The van der Waals surface area contributed by atoms with E-state index in [1.54, 1.807) is 12.1 Å². The zero-order valence-electron chi connectivity index (χ0n) is 17.7. The molecule has 3 spiro atoms. The number of urea groups is 1. The number of hydrogen-bond donors (Lipinski definition) is 5. The maximum Gasteiger partial charge on any atom is 0.401 e. The van der Waals surface area contributed by atoms with E-state index in [-0.39, 0.29) is 36.8 Å². The Labute approximate surface area is 187 Å². The van der Waals surface area contributed by atoms with Crippen molar-refractivity contribution in [2.75, 3.05) is 6.54 Å². The Balaban J connectivity index is 1.41. The molecule has 7 atom stereocenters. The summed E-state index contributed by atoms with van der Waals surface area (Å²) in [7, 11) is 0. The molecule has 4 bridgehead atoms. The molecule has 5 aliphatic carbocycles. The molecule has 176 valence electrons. The average Bonchev–Trinajstić information content (AvgIpc) is 3.19. The number of phenolic OH excluding ortho intramolecular Hbond substituents is 1. The molecule has 0 radical (unpaired) electrons. The lowest BCUT2D eigenvalue weighted by atomic mass is 9.48. The minimum atomic E-state index is -4.35. The van der Waals surface area contributed by atoms with Crippen LogP contribution >= 0.6 is 0 Å². The third-order valence-electron chi connectivity index (χ3n) is 10.3. The average molecular weight is 463 g/mol. The summed E-state index contributed by atoms with van der Waals surface area (Å²) in [6, 6.07) is 4.49. The number of nitrogens with one attached hydrogen (secondary N) is 3. The maximum absolute atomic E-state index is 13.1. The second-order valence-electron chi connectivity index (χ2n) is 11.2. The van der Waals surface area contributed by atoms with E-state index in [0.29, 0.717) is 19.3 Å². The second-order valence-corrected chi connectivity index (χ2v) is 11.2. The lowest BCUT2D eigenvalue weighted by Crippen LogP contribution is -2.69. The van der Waals surface area contributed by atoms with Crippen LogP contribution in [0, 0.1) is 17.3 Å². The van der Waals surface area contributed by atoms with E-state index in [4.69, 9.17) is 0 Å². The summed E-state index contributed by atoms with van der Waals surface area (Å²) in [5, 5.41) is 30.8. The smallest absolute Gasteiger partial charge is 0.401 e. The molecule has 6 aliphatic rings. The van der Waals surface area contributed by atoms with Gasteiger partial charge in [0.2, 0.25) is 0 Å². The van der Waals surface area contributed by atoms with Crippen LogP contribution in [0.5, 0.6) is 5.75 Å². The molecule has 1 saturated heterocycles. The topological polar surface area (TPSA) is 111 Å². The van der Waals surface area contributed by atoms with Gasteiger partial charge in [0.15, 0.2) is 0 Å². The Morgan fingerprint density at radius 3 is 2.64 bits per heavy atom. The number of rotatable bonds is 2. The predicted octanol–water partition coefficient (Wildman–Crippen LogP) is 1.61. The zero-order chi connectivity index (χ0) is 23.2. The van der Waals surface area contributed by atoms with Crippen molar-refractivity contribution in [1.82, 2.24) is 16.0 Å². The van der Waals surface area contributed by atoms with Crippen molar-refractivity contribution in [3.8, 4) is 5.75 Å². The molecule has 1 aromatic carbocycles. The standard InChI is InChI=1S/C23H24F3N3O4/c24-23(25,26)10-27-19-7-15-14-5-11-1-2-12(30)6-13(11)20(15)8-18(16(31)28-17(32)29-18)3-4-22(20,33)21(14,19)9-19/h1-2,6,14-15,27,30,33H,3-5,7-10H2,(H2,28,29,31,32)/t14?,15?,18-,19?,20+,21-,22-/m0/s1. The number of alkyl halides is 3. The highest BCUT2D eigenvalue weighted by Crippen LogP contribution is 2.90. The van der Waals surface area contributed by atoms with Crippen molar-refractivity contribution < 1.29 is 33.0 Å². The van der Waals surface area contributed by atoms with E-state index >= 15 is 0 Å². The van der Waals surface area contributed by atoms with Crippen LogP contribution in [0.15, 0.2) is 18.2 Å². The molecule has 4 saturated carbocycles. The first-order chi connectivity index (χ1) is 15.4. The number of aromatic hydroxyl groups is 1. The van der Waals surface area contributed by atoms with Crippen LogP contribution in [-0.4, -0.2) is 51.6 Å². The largest absolute Gasteiger partial charge is 0.508 e. The summed E-state index contributed by atoms with van der Waals surface area (Å²) in [4.78, 5) is 25.0. The molecule has 5 N–H and O–H groups in total. The minimum Gasteiger partial charge on any atom is -0.508 e. The zero-order valence-corrected chi connectivity index (χ0v) is 17.7. The molecule has 0 aromatic heterocycles. The number of carbonyl (C=O) groups excluding carboxylic acids is 2. The molecule has 10 heteroatoms. The first-order valence-electron chi connectivity index (χ1n) is 11.4. The fourth-order valence-electron chi connectivity index (χ4n) is 9.41. The second kappa shape index (κ2) is 5.33. The summed E-state index contributed by atoms with van der Waals surface area (Å²) >= 11 is 0. The quantitative estimate of drug-likeness (QED) is 0.428. The molecule has 7 nitrogen and oxygen atoms in total. The molecule has 7 rings (SSSR count). The number of phenols is 1. The van der Waals surface area contributed by atoms with E-state index in [1.807, 2.05) is 6.07 Å². The molecule has 3 amide bonds. The van der Waals surface area contributed by atoms with Crippen molar-refractivity contribution in [2.45, 2.75) is 66.8 Å². The minimum absolute atomic E-state index is 0.0319. The third kappa shape index (κ3) is 1.96. The number of hydrogen-bond acceptors (Lipinski definition) is 5. The van der Waals surface area contributed by atoms with Crippen molar-refractivity contribution in [3.63, 3.8) is 0 Å². The number of halogens is 3. The van der Waals surface area contributed by atoms with Gasteiger partial charge in [0.1, 0.15) is 11.3 Å². The molecule has 1 aromatic rings. The van der Waals surface area contributed by atoms with Crippen LogP contribution in [-0.2, 0) is 16.6 Å². The highest BCUT2D eigenvalue weighted by molar-refractivity contribution is 6.07. The summed E-state index contributed by atoms with van der Waals surface area (Å²) in [5.74, 6) is -0.573. The molecule has 5 fully saturated rings. The van der Waals surface area contributed by atoms with Crippen molar-refractivity contribution in [3.05, 3.63) is 29.3 Å². The normalized spacial score (nSPS) is 48.2. The molecular formula is C23H24F3N3O4. The van der Waals surface area contributed by atoms with Crippen LogP contribution in [0.25, 0.3) is 0 Å². The first-order valence-corrected chi connectivity index (χ1v) is 11.4. The van der Waals surface area contributed by atoms with Crippen LogP contribution in [0.2, 0.25) is 0 Å². The van der Waals surface area contributed by atoms with Gasteiger partial charge in [0.25, 0.3) is 5.91 Å². The lowest BCUT2D eigenvalue weighted by molar-refractivity contribution is -0.154. The number of fused-ring (bicyclic) bond motifs is 1. The van der Waals surface area contributed by atoms with E-state index in [9.17, 15) is 33.0 Å². The van der Waals surface area contributed by atoms with Gasteiger partial charge in [-0.05, 0) is 73.6 Å². The fraction of sp³-hybridized carbons (Fsp3) is 0.652. The Morgan fingerprint density at radius 2 is 1.94 bits per heavy atom. The molecular weight excluding hydrogens is 439 g/mol. The predicted molar refractivity (Wildman–Crippen MR) is 107 cm³/mol. The monoisotopic (exact) mass is 463 g/mol. The van der Waals surface area contributed by atoms with Crippen LogP contribution in [0.3, 0.4) is 0 Å². The van der Waals surface area contributed by atoms with Gasteiger partial charge in [0.05, 0.1) is 12.1 Å². The Kier molecular flexibility index (Phi) is 3.24. The van der Waals surface area contributed by atoms with Crippen LogP contribution in [0.4, 0.5) is 18.0 Å². The van der Waals surface area contributed by atoms with Gasteiger partial charge in [-0.3, -0.25) is 10.1 Å². The van der Waals surface area contributed by atoms with E-state index in [0.717, 1.165) is 11.1 Å². The molecule has 33 heavy (non-hydrogen) atoms. The molecule has 1 aliphatic heterocycles. The summed E-state index contributed by atoms with van der Waals surface area (Å²) < 4.78 is 39.4. The number of aliphatic hydroxyl groups is 1. The highest BCUT2D eigenvalue weighted by atomic mass is 19.4. The number of carbonyl (C=O) groups is 2. The number of amides is 3. The first kappa shape index (κ1) is 20.1. The van der Waals surface area contributed by atoms with Crippen molar-refractivity contribution in [2.24, 2.45) is 17.3 Å². The van der Waals surface area contributed by atoms with Crippen molar-refractivity contribution in [1.29, 1.82) is 0 Å². The van der Waals surface area contributed by atoms with Gasteiger partial charge in [-0.1, -0.05) is 6.07 Å². The third-order valence-corrected chi connectivity index (χ3v) is 10.3. The van der Waals surface area contributed by atoms with Gasteiger partial charge >= 0.3 is 12.2 Å². The van der Waals surface area contributed by atoms with E-state index < -0.39 is 52.2 Å². The van der Waals surface area contributed by atoms with E-state index in [1.165, 1.54) is 0 Å². The van der Waals surface area contributed by atoms with Crippen LogP contribution < -0.4 is 16.0 Å². The van der Waals surface area contributed by atoms with Gasteiger partial charge in [-0.15, -0.1) is 0 Å². The van der Waals surface area contributed by atoms with E-state index in [2.05, 4.69) is 16.0 Å². The van der Waals surface area contributed by atoms with Gasteiger partial charge in [-0.25, -0.2) is 4.79 Å². The maximum atomic E-state index is 13.1. The number of benzene rings is 1.